The van der Waals surface area contributed by atoms with Crippen molar-refractivity contribution >= 4 is 11.0 Å². The van der Waals surface area contributed by atoms with Crippen molar-refractivity contribution in [3.8, 4) is 5.75 Å². The molecule has 0 aliphatic heterocycles. The maximum Gasteiger partial charge on any atom is 0.126 e. The van der Waals surface area contributed by atoms with E-state index >= 15 is 0 Å². The van der Waals surface area contributed by atoms with Gasteiger partial charge in [-0.3, -0.25) is 5.14 Å². The van der Waals surface area contributed by atoms with Crippen LogP contribution >= 0.6 is 0 Å². The van der Waals surface area contributed by atoms with E-state index in [1.54, 1.807) is 13.0 Å². The van der Waals surface area contributed by atoms with Crippen molar-refractivity contribution in [3.05, 3.63) is 29.6 Å². The van der Waals surface area contributed by atoms with Gasteiger partial charge in [-0.15, -0.1) is 0 Å². The van der Waals surface area contributed by atoms with E-state index in [2.05, 4.69) is 0 Å². The zero-order valence-corrected chi connectivity index (χ0v) is 12.0. The zero-order valence-electron chi connectivity index (χ0n) is 11.2. The Labute approximate surface area is 110 Å². The molecular formula is C13H20FNO2S. The second-order valence-electron chi connectivity index (χ2n) is 5.31. The molecule has 0 bridgehead atoms. The Morgan fingerprint density at radius 3 is 2.56 bits per heavy atom. The lowest BCUT2D eigenvalue weighted by Crippen LogP contribution is -2.25. The third kappa shape index (κ3) is 4.74. The summed E-state index contributed by atoms with van der Waals surface area (Å²) in [7, 11) is -1.40. The van der Waals surface area contributed by atoms with Gasteiger partial charge in [0.1, 0.15) is 17.2 Å². The molecule has 1 aromatic rings. The van der Waals surface area contributed by atoms with E-state index in [-0.39, 0.29) is 11.1 Å². The fourth-order valence-corrected chi connectivity index (χ4v) is 1.86. The van der Waals surface area contributed by atoms with E-state index < -0.39 is 16.6 Å². The topological polar surface area (TPSA) is 52.3 Å². The third-order valence-corrected chi connectivity index (χ3v) is 3.31. The quantitative estimate of drug-likeness (QED) is 0.916. The van der Waals surface area contributed by atoms with Gasteiger partial charge < -0.3 is 4.74 Å². The third-order valence-electron chi connectivity index (χ3n) is 2.35. The van der Waals surface area contributed by atoms with E-state index in [0.717, 1.165) is 5.56 Å². The van der Waals surface area contributed by atoms with Crippen LogP contribution in [0.5, 0.6) is 5.75 Å². The summed E-state index contributed by atoms with van der Waals surface area (Å²) in [5.74, 6) is 0.138. The highest BCUT2D eigenvalue weighted by molar-refractivity contribution is 7.83. The molecule has 0 fully saturated rings. The van der Waals surface area contributed by atoms with Gasteiger partial charge in [-0.2, -0.15) is 0 Å². The lowest BCUT2D eigenvalue weighted by Gasteiger charge is -2.24. The van der Waals surface area contributed by atoms with Crippen LogP contribution in [0.1, 0.15) is 33.3 Å². The summed E-state index contributed by atoms with van der Waals surface area (Å²) >= 11 is 0. The van der Waals surface area contributed by atoms with E-state index in [9.17, 15) is 8.60 Å². The van der Waals surface area contributed by atoms with Crippen LogP contribution in [0.3, 0.4) is 0 Å². The van der Waals surface area contributed by atoms with Gasteiger partial charge in [0, 0.05) is 6.07 Å². The molecule has 0 amide bonds. The molecule has 102 valence electrons. The summed E-state index contributed by atoms with van der Waals surface area (Å²) in [4.78, 5) is 0. The Kier molecular flexibility index (Phi) is 4.87. The van der Waals surface area contributed by atoms with Crippen LogP contribution in [0.15, 0.2) is 18.2 Å². The van der Waals surface area contributed by atoms with E-state index in [1.165, 1.54) is 12.1 Å². The molecule has 0 saturated heterocycles. The molecule has 1 aromatic carbocycles. The molecule has 0 radical (unpaired) electrons. The Morgan fingerprint density at radius 2 is 2.06 bits per heavy atom. The average molecular weight is 273 g/mol. The van der Waals surface area contributed by atoms with Gasteiger partial charge in [-0.25, -0.2) is 8.60 Å². The van der Waals surface area contributed by atoms with E-state index in [4.69, 9.17) is 9.88 Å². The van der Waals surface area contributed by atoms with Crippen LogP contribution < -0.4 is 9.88 Å². The van der Waals surface area contributed by atoms with Crippen LogP contribution in [0.2, 0.25) is 0 Å². The van der Waals surface area contributed by atoms with Gasteiger partial charge in [0.05, 0.1) is 16.2 Å². The summed E-state index contributed by atoms with van der Waals surface area (Å²) < 4.78 is 30.2. The highest BCUT2D eigenvalue weighted by atomic mass is 32.2. The molecule has 2 N–H and O–H groups in total. The summed E-state index contributed by atoms with van der Waals surface area (Å²) in [5, 5.41) is 5.15. The molecular weight excluding hydrogens is 253 g/mol. The fraction of sp³-hybridized carbons (Fsp3) is 0.538. The Hall–Kier alpha value is -0.940. The Balaban J connectivity index is 3.00. The summed E-state index contributed by atoms with van der Waals surface area (Å²) in [6.07, 6.45) is 0.495. The molecule has 0 aliphatic rings. The summed E-state index contributed by atoms with van der Waals surface area (Å²) in [6.45, 7) is 7.48. The number of nitrogens with two attached hydrogens (primary N) is 1. The minimum Gasteiger partial charge on any atom is -0.488 e. The van der Waals surface area contributed by atoms with Gasteiger partial charge in [-0.05, 0) is 45.7 Å². The van der Waals surface area contributed by atoms with Gasteiger partial charge in [0.15, 0.2) is 0 Å². The molecule has 2 unspecified atom stereocenters. The zero-order chi connectivity index (χ0) is 13.9. The second kappa shape index (κ2) is 5.80. The highest BCUT2D eigenvalue weighted by Gasteiger charge is 2.17. The van der Waals surface area contributed by atoms with Crippen LogP contribution in [-0.4, -0.2) is 15.1 Å². The standard InChI is InChI=1S/C13H20FNO2S/c1-9(18(15)16)7-10-5-6-11(14)8-12(10)17-13(2,3)4/h5-6,8-9H,7,15H2,1-4H3. The number of ether oxygens (including phenoxy) is 1. The maximum absolute atomic E-state index is 13.3. The van der Waals surface area contributed by atoms with Gasteiger partial charge >= 0.3 is 0 Å². The van der Waals surface area contributed by atoms with Crippen molar-refractivity contribution in [2.75, 3.05) is 0 Å². The first-order chi connectivity index (χ1) is 8.19. The molecule has 0 spiro atoms. The maximum atomic E-state index is 13.3. The number of hydrogen-bond acceptors (Lipinski definition) is 2. The number of hydrogen-bond donors (Lipinski definition) is 1. The number of benzene rings is 1. The van der Waals surface area contributed by atoms with Crippen LogP contribution in [0.25, 0.3) is 0 Å². The van der Waals surface area contributed by atoms with Crippen molar-refractivity contribution in [2.24, 2.45) is 5.14 Å². The monoisotopic (exact) mass is 273 g/mol. The Morgan fingerprint density at radius 1 is 1.44 bits per heavy atom. The molecule has 0 heterocycles. The lowest BCUT2D eigenvalue weighted by molar-refractivity contribution is 0.129. The SMILES string of the molecule is CC(Cc1ccc(F)cc1OC(C)(C)C)S(N)=O. The average Bonchev–Trinajstić information content (AvgIpc) is 2.19. The first-order valence-corrected chi connectivity index (χ1v) is 7.09. The molecule has 2 atom stereocenters. The normalized spacial score (nSPS) is 15.2. The number of rotatable bonds is 4. The lowest BCUT2D eigenvalue weighted by atomic mass is 10.1. The van der Waals surface area contributed by atoms with Crippen LogP contribution in [0.4, 0.5) is 4.39 Å². The van der Waals surface area contributed by atoms with Crippen molar-refractivity contribution in [2.45, 2.75) is 45.0 Å². The van der Waals surface area contributed by atoms with Gasteiger partial charge in [0.2, 0.25) is 0 Å². The molecule has 0 aliphatic carbocycles. The molecule has 0 aromatic heterocycles. The first-order valence-electron chi connectivity index (χ1n) is 5.81. The largest absolute Gasteiger partial charge is 0.488 e. The van der Waals surface area contributed by atoms with E-state index in [1.807, 2.05) is 20.8 Å². The van der Waals surface area contributed by atoms with Crippen molar-refractivity contribution < 1.29 is 13.3 Å². The predicted octanol–water partition coefficient (Wildman–Crippen LogP) is 2.56. The Bertz CT molecular complexity index is 443. The summed E-state index contributed by atoms with van der Waals surface area (Å²) in [6, 6.07) is 4.38. The summed E-state index contributed by atoms with van der Waals surface area (Å²) in [5.41, 5.74) is 0.408. The molecule has 5 heteroatoms. The molecule has 18 heavy (non-hydrogen) atoms. The van der Waals surface area contributed by atoms with Crippen molar-refractivity contribution in [1.82, 2.24) is 0 Å². The minimum atomic E-state index is -1.40. The van der Waals surface area contributed by atoms with Crippen LogP contribution in [0, 0.1) is 5.82 Å². The smallest absolute Gasteiger partial charge is 0.126 e. The second-order valence-corrected chi connectivity index (χ2v) is 6.77. The number of halogens is 1. The molecule has 1 rings (SSSR count). The molecule has 0 saturated carbocycles. The predicted molar refractivity (Wildman–Crippen MR) is 72.3 cm³/mol. The van der Waals surface area contributed by atoms with Crippen LogP contribution in [-0.2, 0) is 17.4 Å². The first kappa shape index (κ1) is 15.1. The van der Waals surface area contributed by atoms with Gasteiger partial charge in [-0.1, -0.05) is 6.07 Å². The molecule has 3 nitrogen and oxygen atoms in total. The highest BCUT2D eigenvalue weighted by Crippen LogP contribution is 2.26. The van der Waals surface area contributed by atoms with E-state index in [0.29, 0.717) is 12.2 Å². The fourth-order valence-electron chi connectivity index (χ4n) is 1.51. The van der Waals surface area contributed by atoms with Crippen molar-refractivity contribution in [1.29, 1.82) is 0 Å². The van der Waals surface area contributed by atoms with Crippen molar-refractivity contribution in [3.63, 3.8) is 0 Å². The minimum absolute atomic E-state index is 0.197. The van der Waals surface area contributed by atoms with Gasteiger partial charge in [0.25, 0.3) is 0 Å².